The van der Waals surface area contributed by atoms with Crippen molar-refractivity contribution in [2.45, 2.75) is 27.4 Å². The fourth-order valence-electron chi connectivity index (χ4n) is 1.73. The average molecular weight is 244 g/mol. The first kappa shape index (κ1) is 12.5. The van der Waals surface area contributed by atoms with Gasteiger partial charge in [0.2, 0.25) is 5.88 Å². The van der Waals surface area contributed by atoms with E-state index in [1.54, 1.807) is 6.20 Å². The van der Waals surface area contributed by atoms with Gasteiger partial charge in [0.25, 0.3) is 0 Å². The van der Waals surface area contributed by atoms with Crippen LogP contribution in [-0.4, -0.2) is 15.1 Å². The number of pyridine rings is 2. The smallest absolute Gasteiger partial charge is 0.225 e. The zero-order valence-electron chi connectivity index (χ0n) is 10.8. The highest BCUT2D eigenvalue weighted by atomic mass is 16.5. The summed E-state index contributed by atoms with van der Waals surface area (Å²) in [5, 5.41) is 9.38. The van der Waals surface area contributed by atoms with Gasteiger partial charge in [0.15, 0.2) is 0 Å². The van der Waals surface area contributed by atoms with E-state index in [2.05, 4.69) is 9.97 Å². The Labute approximate surface area is 106 Å². The highest BCUT2D eigenvalue weighted by molar-refractivity contribution is 5.38. The van der Waals surface area contributed by atoms with Crippen molar-refractivity contribution in [2.75, 3.05) is 0 Å². The van der Waals surface area contributed by atoms with Gasteiger partial charge < -0.3 is 9.84 Å². The Bertz CT molecular complexity index is 550. The van der Waals surface area contributed by atoms with Crippen molar-refractivity contribution in [2.24, 2.45) is 0 Å². The van der Waals surface area contributed by atoms with Gasteiger partial charge in [-0.3, -0.25) is 4.98 Å². The largest absolute Gasteiger partial charge is 0.437 e. The molecule has 0 aliphatic rings. The molecule has 0 aliphatic heterocycles. The van der Waals surface area contributed by atoms with E-state index in [1.807, 2.05) is 39.0 Å². The lowest BCUT2D eigenvalue weighted by atomic mass is 10.1. The molecule has 0 unspecified atom stereocenters. The van der Waals surface area contributed by atoms with Crippen molar-refractivity contribution in [1.82, 2.24) is 9.97 Å². The SMILES string of the molecule is Cc1ccc(Oc2nc(C)cc(C)c2CO)cn1. The minimum atomic E-state index is -0.0895. The maximum atomic E-state index is 9.38. The van der Waals surface area contributed by atoms with E-state index in [9.17, 15) is 5.11 Å². The van der Waals surface area contributed by atoms with Crippen LogP contribution in [0.15, 0.2) is 24.4 Å². The van der Waals surface area contributed by atoms with Crippen LogP contribution in [-0.2, 0) is 6.61 Å². The molecule has 18 heavy (non-hydrogen) atoms. The lowest BCUT2D eigenvalue weighted by molar-refractivity contribution is 0.274. The summed E-state index contributed by atoms with van der Waals surface area (Å²) >= 11 is 0. The van der Waals surface area contributed by atoms with Crippen LogP contribution in [0.1, 0.15) is 22.5 Å². The molecule has 2 aromatic rings. The second kappa shape index (κ2) is 5.14. The van der Waals surface area contributed by atoms with Crippen molar-refractivity contribution >= 4 is 0 Å². The third kappa shape index (κ3) is 2.65. The summed E-state index contributed by atoms with van der Waals surface area (Å²) in [5.74, 6) is 1.06. The first-order chi connectivity index (χ1) is 8.60. The highest BCUT2D eigenvalue weighted by Gasteiger charge is 2.10. The second-order valence-corrected chi connectivity index (χ2v) is 4.26. The Balaban J connectivity index is 2.36. The van der Waals surface area contributed by atoms with Gasteiger partial charge >= 0.3 is 0 Å². The molecular formula is C14H16N2O2. The number of aliphatic hydroxyl groups excluding tert-OH is 1. The molecule has 0 aliphatic carbocycles. The van der Waals surface area contributed by atoms with Crippen LogP contribution in [0.5, 0.6) is 11.6 Å². The third-order valence-electron chi connectivity index (χ3n) is 2.69. The maximum Gasteiger partial charge on any atom is 0.225 e. The van der Waals surface area contributed by atoms with Gasteiger partial charge in [0.05, 0.1) is 12.8 Å². The molecule has 0 aromatic carbocycles. The predicted octanol–water partition coefficient (Wildman–Crippen LogP) is 2.69. The molecule has 1 N–H and O–H groups in total. The van der Waals surface area contributed by atoms with Gasteiger partial charge in [-0.1, -0.05) is 0 Å². The number of nitrogens with zero attached hydrogens (tertiary/aromatic N) is 2. The average Bonchev–Trinajstić information content (AvgIpc) is 2.32. The number of aryl methyl sites for hydroxylation is 3. The fourth-order valence-corrected chi connectivity index (χ4v) is 1.73. The summed E-state index contributed by atoms with van der Waals surface area (Å²) in [6.07, 6.45) is 1.65. The van der Waals surface area contributed by atoms with Crippen LogP contribution in [0.2, 0.25) is 0 Å². The Morgan fingerprint density at radius 1 is 1.17 bits per heavy atom. The summed E-state index contributed by atoms with van der Waals surface area (Å²) in [6, 6.07) is 5.63. The number of hydrogen-bond acceptors (Lipinski definition) is 4. The van der Waals surface area contributed by atoms with Gasteiger partial charge in [-0.25, -0.2) is 4.98 Å². The number of aliphatic hydroxyl groups is 1. The van der Waals surface area contributed by atoms with Crippen molar-refractivity contribution < 1.29 is 9.84 Å². The molecular weight excluding hydrogens is 228 g/mol. The monoisotopic (exact) mass is 244 g/mol. The van der Waals surface area contributed by atoms with Crippen LogP contribution in [0.4, 0.5) is 0 Å². The van der Waals surface area contributed by atoms with E-state index >= 15 is 0 Å². The zero-order valence-corrected chi connectivity index (χ0v) is 10.8. The van der Waals surface area contributed by atoms with E-state index in [-0.39, 0.29) is 6.61 Å². The molecule has 0 fully saturated rings. The van der Waals surface area contributed by atoms with Gasteiger partial charge in [0.1, 0.15) is 5.75 Å². The lowest BCUT2D eigenvalue weighted by Crippen LogP contribution is -2.00. The number of ether oxygens (including phenoxy) is 1. The summed E-state index contributed by atoms with van der Waals surface area (Å²) in [4.78, 5) is 8.47. The third-order valence-corrected chi connectivity index (χ3v) is 2.69. The van der Waals surface area contributed by atoms with Crippen molar-refractivity contribution in [3.05, 3.63) is 46.9 Å². The fraction of sp³-hybridized carbons (Fsp3) is 0.286. The lowest BCUT2D eigenvalue weighted by Gasteiger charge is -2.11. The molecule has 0 radical (unpaired) electrons. The van der Waals surface area contributed by atoms with Crippen molar-refractivity contribution in [3.8, 4) is 11.6 Å². The summed E-state index contributed by atoms with van der Waals surface area (Å²) < 4.78 is 5.68. The molecule has 0 bridgehead atoms. The molecule has 4 nitrogen and oxygen atoms in total. The van der Waals surface area contributed by atoms with Gasteiger partial charge in [-0.2, -0.15) is 0 Å². The van der Waals surface area contributed by atoms with E-state index in [1.165, 1.54) is 0 Å². The molecule has 2 aromatic heterocycles. The maximum absolute atomic E-state index is 9.38. The predicted molar refractivity (Wildman–Crippen MR) is 68.7 cm³/mol. The van der Waals surface area contributed by atoms with Crippen LogP contribution >= 0.6 is 0 Å². The Kier molecular flexibility index (Phi) is 3.58. The second-order valence-electron chi connectivity index (χ2n) is 4.26. The Hall–Kier alpha value is -1.94. The topological polar surface area (TPSA) is 55.2 Å². The molecule has 0 saturated carbocycles. The number of rotatable bonds is 3. The molecule has 0 amide bonds. The van der Waals surface area contributed by atoms with Crippen LogP contribution in [0.25, 0.3) is 0 Å². The molecule has 94 valence electrons. The molecule has 4 heteroatoms. The van der Waals surface area contributed by atoms with Crippen molar-refractivity contribution in [3.63, 3.8) is 0 Å². The summed E-state index contributed by atoms with van der Waals surface area (Å²) in [6.45, 7) is 5.65. The van der Waals surface area contributed by atoms with Crippen LogP contribution in [0.3, 0.4) is 0 Å². The first-order valence-electron chi connectivity index (χ1n) is 5.78. The minimum absolute atomic E-state index is 0.0895. The van der Waals surface area contributed by atoms with Crippen LogP contribution in [0, 0.1) is 20.8 Å². The first-order valence-corrected chi connectivity index (χ1v) is 5.78. The quantitative estimate of drug-likeness (QED) is 0.901. The molecule has 2 heterocycles. The van der Waals surface area contributed by atoms with Gasteiger partial charge in [-0.15, -0.1) is 0 Å². The van der Waals surface area contributed by atoms with Gasteiger partial charge in [-0.05, 0) is 44.5 Å². The number of hydrogen-bond donors (Lipinski definition) is 1. The van der Waals surface area contributed by atoms with Crippen LogP contribution < -0.4 is 4.74 Å². The molecule has 0 atom stereocenters. The molecule has 0 spiro atoms. The van der Waals surface area contributed by atoms with E-state index in [0.29, 0.717) is 17.2 Å². The van der Waals surface area contributed by atoms with Crippen molar-refractivity contribution in [1.29, 1.82) is 0 Å². The summed E-state index contributed by atoms with van der Waals surface area (Å²) in [5.41, 5.74) is 3.47. The van der Waals surface area contributed by atoms with E-state index in [4.69, 9.17) is 4.74 Å². The Morgan fingerprint density at radius 2 is 1.94 bits per heavy atom. The highest BCUT2D eigenvalue weighted by Crippen LogP contribution is 2.26. The summed E-state index contributed by atoms with van der Waals surface area (Å²) in [7, 11) is 0. The number of aromatic nitrogens is 2. The van der Waals surface area contributed by atoms with E-state index in [0.717, 1.165) is 17.0 Å². The normalized spacial score (nSPS) is 10.4. The molecule has 2 rings (SSSR count). The minimum Gasteiger partial charge on any atom is -0.437 e. The zero-order chi connectivity index (χ0) is 13.1. The van der Waals surface area contributed by atoms with E-state index < -0.39 is 0 Å². The Morgan fingerprint density at radius 3 is 2.56 bits per heavy atom. The standard InChI is InChI=1S/C14H16N2O2/c1-9-6-11(3)16-14(13(9)8-17)18-12-5-4-10(2)15-7-12/h4-7,17H,8H2,1-3H3. The van der Waals surface area contributed by atoms with Gasteiger partial charge in [0, 0.05) is 17.0 Å². The molecule has 0 saturated heterocycles.